The van der Waals surface area contributed by atoms with Crippen molar-refractivity contribution in [2.75, 3.05) is 5.32 Å². The van der Waals surface area contributed by atoms with E-state index >= 15 is 0 Å². The number of Topliss-reactive ketones (excluding diaryl/α,β-unsaturated/α-hetero) is 1. The molecule has 36 heavy (non-hydrogen) atoms. The lowest BCUT2D eigenvalue weighted by atomic mass is 9.56. The second-order valence-corrected chi connectivity index (χ2v) is 11.3. The Morgan fingerprint density at radius 1 is 1.22 bits per heavy atom. The molecular weight excluding hydrogens is 454 g/mol. The van der Waals surface area contributed by atoms with E-state index in [-0.39, 0.29) is 23.3 Å². The molecule has 188 valence electrons. The summed E-state index contributed by atoms with van der Waals surface area (Å²) in [6.07, 6.45) is 7.25. The number of hydrogen-bond donors (Lipinski definition) is 2. The standard InChI is InChI=1S/C28H33N5O3/c1-8-25(3,4)28-14-22-23(35)30-21(13-18-15-32(16-29-18)26(5,6)17(2)34)24(36)33(22)27(28,7)31-20-12-10-9-11-19(20)28/h8-13,15-16,22,31H,1,14H2,2-7H3,(H,30,35)/b21-13+/t22-,27-,28-/m0/s1. The molecular formula is C28H33N5O3. The summed E-state index contributed by atoms with van der Waals surface area (Å²) in [7, 11) is 0. The number of imidazole rings is 1. The number of benzene rings is 1. The fraction of sp³-hybridized carbons (Fsp3) is 0.429. The van der Waals surface area contributed by atoms with Crippen molar-refractivity contribution in [3.05, 3.63) is 66.4 Å². The minimum atomic E-state index is -0.858. The normalized spacial score (nSPS) is 28.3. The zero-order valence-electron chi connectivity index (χ0n) is 21.7. The summed E-state index contributed by atoms with van der Waals surface area (Å²) in [6, 6.07) is 7.44. The first kappa shape index (κ1) is 24.0. The first-order valence-corrected chi connectivity index (χ1v) is 12.2. The average Bonchev–Trinajstić information content (AvgIpc) is 3.46. The monoisotopic (exact) mass is 487 g/mol. The molecule has 2 saturated heterocycles. The summed E-state index contributed by atoms with van der Waals surface area (Å²) in [5.41, 5.74) is 0.0595. The number of nitrogens with one attached hydrogen (secondary N) is 2. The van der Waals surface area contributed by atoms with Gasteiger partial charge < -0.3 is 20.1 Å². The molecule has 3 aliphatic heterocycles. The average molecular weight is 488 g/mol. The number of fused-ring (bicyclic) bond motifs is 5. The molecule has 1 aromatic heterocycles. The highest BCUT2D eigenvalue weighted by Crippen LogP contribution is 2.65. The minimum absolute atomic E-state index is 0.0120. The van der Waals surface area contributed by atoms with E-state index in [0.29, 0.717) is 12.1 Å². The molecule has 5 rings (SSSR count). The van der Waals surface area contributed by atoms with Gasteiger partial charge in [0.2, 0.25) is 5.91 Å². The van der Waals surface area contributed by atoms with Gasteiger partial charge in [0.15, 0.2) is 5.78 Å². The summed E-state index contributed by atoms with van der Waals surface area (Å²) in [5, 5.41) is 6.45. The molecule has 8 heteroatoms. The van der Waals surface area contributed by atoms with Crippen LogP contribution < -0.4 is 10.6 Å². The topological polar surface area (TPSA) is 96.3 Å². The Hall–Kier alpha value is -3.68. The van der Waals surface area contributed by atoms with Crippen LogP contribution in [0.5, 0.6) is 0 Å². The summed E-state index contributed by atoms with van der Waals surface area (Å²) in [4.78, 5) is 45.6. The number of allylic oxidation sites excluding steroid dienone is 1. The summed E-state index contributed by atoms with van der Waals surface area (Å²) in [6.45, 7) is 15.5. The van der Waals surface area contributed by atoms with Crippen LogP contribution in [-0.4, -0.2) is 43.8 Å². The molecule has 8 nitrogen and oxygen atoms in total. The highest BCUT2D eigenvalue weighted by atomic mass is 16.2. The molecule has 2 fully saturated rings. The number of hydrogen-bond acceptors (Lipinski definition) is 5. The van der Waals surface area contributed by atoms with Crippen molar-refractivity contribution in [1.29, 1.82) is 0 Å². The molecule has 2 amide bonds. The number of aromatic nitrogens is 2. The third-order valence-corrected chi connectivity index (χ3v) is 8.91. The van der Waals surface area contributed by atoms with Crippen LogP contribution in [0.25, 0.3) is 6.08 Å². The fourth-order valence-electron chi connectivity index (χ4n) is 6.37. The Balaban J connectivity index is 1.60. The predicted molar refractivity (Wildman–Crippen MR) is 138 cm³/mol. The van der Waals surface area contributed by atoms with Gasteiger partial charge in [0, 0.05) is 17.3 Å². The minimum Gasteiger partial charge on any atom is -0.362 e. The second-order valence-electron chi connectivity index (χ2n) is 11.3. The Bertz CT molecular complexity index is 1350. The molecule has 0 spiro atoms. The van der Waals surface area contributed by atoms with Gasteiger partial charge in [-0.15, -0.1) is 6.58 Å². The van der Waals surface area contributed by atoms with E-state index in [1.165, 1.54) is 6.92 Å². The van der Waals surface area contributed by atoms with E-state index in [4.69, 9.17) is 0 Å². The smallest absolute Gasteiger partial charge is 0.272 e. The SMILES string of the molecule is C=CC(C)(C)[C@@]12C[C@H]3C(=O)N/C(=C/c4cn(C(C)(C)C(C)=O)cn4)C(=O)N3[C@]1(C)Nc1ccccc12. The first-order chi connectivity index (χ1) is 16.8. The molecule has 0 radical (unpaired) electrons. The third-order valence-electron chi connectivity index (χ3n) is 8.91. The third kappa shape index (κ3) is 2.87. The molecule has 3 aliphatic rings. The summed E-state index contributed by atoms with van der Waals surface area (Å²) < 4.78 is 1.71. The van der Waals surface area contributed by atoms with E-state index in [1.807, 2.05) is 45.0 Å². The van der Waals surface area contributed by atoms with Crippen molar-refractivity contribution in [2.45, 2.75) is 70.6 Å². The van der Waals surface area contributed by atoms with Gasteiger partial charge >= 0.3 is 0 Å². The fourth-order valence-corrected chi connectivity index (χ4v) is 6.37. The van der Waals surface area contributed by atoms with E-state index in [9.17, 15) is 14.4 Å². The number of amides is 2. The number of carbonyl (C=O) groups is 3. The second kappa shape index (κ2) is 7.41. The Morgan fingerprint density at radius 2 is 1.92 bits per heavy atom. The molecule has 2 N–H and O–H groups in total. The van der Waals surface area contributed by atoms with Crippen LogP contribution in [0.3, 0.4) is 0 Å². The van der Waals surface area contributed by atoms with Crippen molar-refractivity contribution in [3.8, 4) is 0 Å². The number of carbonyl (C=O) groups excluding carboxylic acids is 3. The Labute approximate surface area is 211 Å². The zero-order chi connectivity index (χ0) is 26.3. The molecule has 0 unspecified atom stereocenters. The summed E-state index contributed by atoms with van der Waals surface area (Å²) >= 11 is 0. The zero-order valence-corrected chi connectivity index (χ0v) is 21.7. The Morgan fingerprint density at radius 3 is 2.58 bits per heavy atom. The van der Waals surface area contributed by atoms with Gasteiger partial charge in [0.25, 0.3) is 5.91 Å². The quantitative estimate of drug-likeness (QED) is 0.497. The maximum Gasteiger partial charge on any atom is 0.272 e. The van der Waals surface area contributed by atoms with Crippen molar-refractivity contribution in [2.24, 2.45) is 5.41 Å². The van der Waals surface area contributed by atoms with E-state index in [0.717, 1.165) is 11.3 Å². The number of anilines is 1. The largest absolute Gasteiger partial charge is 0.362 e. The van der Waals surface area contributed by atoms with Gasteiger partial charge in [-0.2, -0.15) is 0 Å². The van der Waals surface area contributed by atoms with Crippen molar-refractivity contribution in [3.63, 3.8) is 0 Å². The molecule has 3 atom stereocenters. The lowest BCUT2D eigenvalue weighted by Crippen LogP contribution is -2.66. The molecule has 4 heterocycles. The van der Waals surface area contributed by atoms with Crippen LogP contribution in [-0.2, 0) is 25.3 Å². The van der Waals surface area contributed by atoms with Crippen LogP contribution in [0.2, 0.25) is 0 Å². The Kier molecular flexibility index (Phi) is 4.95. The number of rotatable bonds is 5. The van der Waals surface area contributed by atoms with Crippen LogP contribution in [0.15, 0.2) is 55.1 Å². The van der Waals surface area contributed by atoms with Crippen molar-refractivity contribution >= 4 is 29.4 Å². The van der Waals surface area contributed by atoms with Gasteiger partial charge in [0.1, 0.15) is 17.4 Å². The van der Waals surface area contributed by atoms with E-state index in [2.05, 4.69) is 42.1 Å². The highest BCUT2D eigenvalue weighted by molar-refractivity contribution is 6.08. The number of ketones is 1. The van der Waals surface area contributed by atoms with Crippen LogP contribution in [0.1, 0.15) is 59.2 Å². The number of nitrogens with zero attached hydrogens (tertiary/aromatic N) is 3. The van der Waals surface area contributed by atoms with Crippen LogP contribution in [0, 0.1) is 5.41 Å². The molecule has 0 aliphatic carbocycles. The predicted octanol–water partition coefficient (Wildman–Crippen LogP) is 3.57. The number of piperazine rings is 1. The van der Waals surface area contributed by atoms with Gasteiger partial charge in [-0.3, -0.25) is 14.4 Å². The lowest BCUT2D eigenvalue weighted by Gasteiger charge is -2.50. The van der Waals surface area contributed by atoms with Crippen molar-refractivity contribution in [1.82, 2.24) is 19.8 Å². The molecule has 2 aromatic rings. The van der Waals surface area contributed by atoms with Crippen LogP contribution >= 0.6 is 0 Å². The number of para-hydroxylation sites is 1. The maximum atomic E-state index is 14.0. The molecule has 0 bridgehead atoms. The van der Waals surface area contributed by atoms with E-state index in [1.54, 1.807) is 28.1 Å². The molecule has 0 saturated carbocycles. The lowest BCUT2D eigenvalue weighted by molar-refractivity contribution is -0.144. The van der Waals surface area contributed by atoms with Gasteiger partial charge in [-0.05, 0) is 57.2 Å². The van der Waals surface area contributed by atoms with Gasteiger partial charge in [-0.1, -0.05) is 38.1 Å². The molecule has 1 aromatic carbocycles. The highest BCUT2D eigenvalue weighted by Gasteiger charge is 2.72. The van der Waals surface area contributed by atoms with Gasteiger partial charge in [-0.25, -0.2) is 4.98 Å². The van der Waals surface area contributed by atoms with E-state index < -0.39 is 28.1 Å². The summed E-state index contributed by atoms with van der Waals surface area (Å²) in [5.74, 6) is -0.509. The van der Waals surface area contributed by atoms with Crippen molar-refractivity contribution < 1.29 is 14.4 Å². The van der Waals surface area contributed by atoms with Gasteiger partial charge in [0.05, 0.1) is 17.6 Å². The first-order valence-electron chi connectivity index (χ1n) is 12.2. The maximum absolute atomic E-state index is 14.0. The van der Waals surface area contributed by atoms with Crippen LogP contribution in [0.4, 0.5) is 5.69 Å².